The van der Waals surface area contributed by atoms with Gasteiger partial charge in [-0.2, -0.15) is 17.0 Å². The SMILES string of the molecule is C#CCN/C(=N/CCSCc1nc(C)cs1)NC#N. The average Bonchev–Trinajstić information content (AvgIpc) is 2.81. The maximum atomic E-state index is 8.54. The summed E-state index contributed by atoms with van der Waals surface area (Å²) < 4.78 is 0. The highest BCUT2D eigenvalue weighted by atomic mass is 32.2. The van der Waals surface area contributed by atoms with E-state index in [4.69, 9.17) is 11.7 Å². The largest absolute Gasteiger partial charge is 0.345 e. The van der Waals surface area contributed by atoms with Gasteiger partial charge in [0.15, 0.2) is 6.19 Å². The number of guanidine groups is 1. The van der Waals surface area contributed by atoms with Gasteiger partial charge in [0.1, 0.15) is 5.01 Å². The van der Waals surface area contributed by atoms with E-state index in [1.54, 1.807) is 23.1 Å². The van der Waals surface area contributed by atoms with Gasteiger partial charge in [0.05, 0.1) is 13.1 Å². The number of thioether (sulfide) groups is 1. The number of aromatic nitrogens is 1. The number of nitrogens with zero attached hydrogens (tertiary/aromatic N) is 3. The molecule has 1 aromatic heterocycles. The molecule has 0 unspecified atom stereocenters. The van der Waals surface area contributed by atoms with Crippen molar-refractivity contribution in [1.82, 2.24) is 15.6 Å². The van der Waals surface area contributed by atoms with Crippen LogP contribution in [0.5, 0.6) is 0 Å². The lowest BCUT2D eigenvalue weighted by Gasteiger charge is -2.04. The topological polar surface area (TPSA) is 73.1 Å². The summed E-state index contributed by atoms with van der Waals surface area (Å²) in [6.45, 7) is 2.96. The van der Waals surface area contributed by atoms with Crippen LogP contribution in [-0.2, 0) is 5.75 Å². The van der Waals surface area contributed by atoms with Crippen LogP contribution in [0.3, 0.4) is 0 Å². The Bertz CT molecular complexity index is 495. The molecular weight excluding hydrogens is 278 g/mol. The van der Waals surface area contributed by atoms with Gasteiger partial charge in [0.25, 0.3) is 0 Å². The highest BCUT2D eigenvalue weighted by molar-refractivity contribution is 7.98. The van der Waals surface area contributed by atoms with E-state index < -0.39 is 0 Å². The van der Waals surface area contributed by atoms with E-state index >= 15 is 0 Å². The van der Waals surface area contributed by atoms with Gasteiger partial charge >= 0.3 is 0 Å². The molecule has 0 spiro atoms. The summed E-state index contributed by atoms with van der Waals surface area (Å²) in [7, 11) is 0. The third-order valence-electron chi connectivity index (χ3n) is 1.93. The third-order valence-corrected chi connectivity index (χ3v) is 4.03. The van der Waals surface area contributed by atoms with E-state index in [9.17, 15) is 0 Å². The Morgan fingerprint density at radius 2 is 2.53 bits per heavy atom. The highest BCUT2D eigenvalue weighted by Crippen LogP contribution is 2.16. The predicted molar refractivity (Wildman–Crippen MR) is 80.9 cm³/mol. The lowest BCUT2D eigenvalue weighted by atomic mass is 10.6. The van der Waals surface area contributed by atoms with Crippen molar-refractivity contribution in [3.8, 4) is 18.5 Å². The van der Waals surface area contributed by atoms with E-state index in [0.29, 0.717) is 19.0 Å². The quantitative estimate of drug-likeness (QED) is 0.207. The van der Waals surface area contributed by atoms with Crippen LogP contribution in [0.15, 0.2) is 10.4 Å². The molecule has 19 heavy (non-hydrogen) atoms. The van der Waals surface area contributed by atoms with Gasteiger partial charge in [-0.25, -0.2) is 4.98 Å². The van der Waals surface area contributed by atoms with Crippen LogP contribution in [0.2, 0.25) is 0 Å². The average molecular weight is 293 g/mol. The number of nitrogens with one attached hydrogen (secondary N) is 2. The first-order valence-corrected chi connectivity index (χ1v) is 7.65. The molecule has 5 nitrogen and oxygen atoms in total. The Kier molecular flexibility index (Phi) is 7.48. The van der Waals surface area contributed by atoms with Gasteiger partial charge in [-0.15, -0.1) is 17.8 Å². The highest BCUT2D eigenvalue weighted by Gasteiger charge is 1.99. The molecule has 2 N–H and O–H groups in total. The third kappa shape index (κ3) is 6.70. The van der Waals surface area contributed by atoms with Crippen molar-refractivity contribution in [2.45, 2.75) is 12.7 Å². The molecular formula is C12H15N5S2. The fourth-order valence-electron chi connectivity index (χ4n) is 1.18. The van der Waals surface area contributed by atoms with Gasteiger partial charge < -0.3 is 5.32 Å². The molecule has 0 atom stereocenters. The second-order valence-corrected chi connectivity index (χ2v) is 5.51. The van der Waals surface area contributed by atoms with Crippen LogP contribution in [0.4, 0.5) is 0 Å². The first-order valence-electron chi connectivity index (χ1n) is 5.62. The molecule has 0 aromatic carbocycles. The molecule has 1 heterocycles. The Morgan fingerprint density at radius 1 is 1.68 bits per heavy atom. The Hall–Kier alpha value is -1.70. The normalized spacial score (nSPS) is 10.6. The number of aliphatic imine (C=N–C) groups is 1. The molecule has 0 aliphatic carbocycles. The molecule has 0 radical (unpaired) electrons. The molecule has 1 aromatic rings. The van der Waals surface area contributed by atoms with Gasteiger partial charge in [0.2, 0.25) is 5.96 Å². The standard InChI is InChI=1S/C12H15N5S2/c1-3-4-14-12(16-9-13)15-5-6-18-8-11-17-10(2)7-19-11/h1,7H,4-6,8H2,2H3,(H2,14,15,16). The van der Waals surface area contributed by atoms with Crippen molar-refractivity contribution in [3.05, 3.63) is 16.1 Å². The summed E-state index contributed by atoms with van der Waals surface area (Å²) in [5.74, 6) is 4.61. The summed E-state index contributed by atoms with van der Waals surface area (Å²) in [5, 5.41) is 17.0. The van der Waals surface area contributed by atoms with Gasteiger partial charge in [-0.1, -0.05) is 5.92 Å². The van der Waals surface area contributed by atoms with Crippen molar-refractivity contribution in [3.63, 3.8) is 0 Å². The van der Waals surface area contributed by atoms with E-state index in [0.717, 1.165) is 22.2 Å². The Balaban J connectivity index is 2.23. The van der Waals surface area contributed by atoms with E-state index in [1.807, 2.05) is 18.5 Å². The summed E-state index contributed by atoms with van der Waals surface area (Å²) in [5.41, 5.74) is 1.07. The fraction of sp³-hybridized carbons (Fsp3) is 0.417. The monoisotopic (exact) mass is 293 g/mol. The number of thiazole rings is 1. The summed E-state index contributed by atoms with van der Waals surface area (Å²) in [6, 6.07) is 0. The minimum atomic E-state index is 0.346. The minimum absolute atomic E-state index is 0.346. The van der Waals surface area contributed by atoms with Gasteiger partial charge in [-0.3, -0.25) is 10.3 Å². The first-order chi connectivity index (χ1) is 9.26. The molecule has 0 bridgehead atoms. The van der Waals surface area contributed by atoms with Crippen molar-refractivity contribution in [1.29, 1.82) is 5.26 Å². The zero-order valence-electron chi connectivity index (χ0n) is 10.6. The number of hydrogen-bond donors (Lipinski definition) is 2. The molecule has 0 aliphatic rings. The number of hydrogen-bond acceptors (Lipinski definition) is 5. The van der Waals surface area contributed by atoms with Crippen LogP contribution < -0.4 is 10.6 Å². The van der Waals surface area contributed by atoms with Gasteiger partial charge in [0, 0.05) is 22.6 Å². The first kappa shape index (κ1) is 15.4. The maximum Gasteiger partial charge on any atom is 0.205 e. The number of terminal acetylenes is 1. The molecule has 0 fully saturated rings. The molecule has 100 valence electrons. The van der Waals surface area contributed by atoms with Crippen molar-refractivity contribution in [2.24, 2.45) is 4.99 Å². The molecule has 0 saturated heterocycles. The maximum absolute atomic E-state index is 8.54. The summed E-state index contributed by atoms with van der Waals surface area (Å²) in [6.07, 6.45) is 6.95. The summed E-state index contributed by atoms with van der Waals surface area (Å²) >= 11 is 3.44. The van der Waals surface area contributed by atoms with Crippen LogP contribution in [0, 0.1) is 30.7 Å². The zero-order valence-corrected chi connectivity index (χ0v) is 12.3. The second-order valence-electron chi connectivity index (χ2n) is 3.46. The smallest absolute Gasteiger partial charge is 0.205 e. The van der Waals surface area contributed by atoms with Crippen LogP contribution in [0.1, 0.15) is 10.7 Å². The van der Waals surface area contributed by atoms with Gasteiger partial charge in [-0.05, 0) is 6.92 Å². The van der Waals surface area contributed by atoms with E-state index in [1.165, 1.54) is 0 Å². The molecule has 7 heteroatoms. The number of nitriles is 1. The molecule has 0 aliphatic heterocycles. The van der Waals surface area contributed by atoms with Crippen LogP contribution in [-0.4, -0.2) is 29.8 Å². The second kappa shape index (κ2) is 9.26. The Morgan fingerprint density at radius 3 is 3.16 bits per heavy atom. The fourth-order valence-corrected chi connectivity index (χ4v) is 2.86. The summed E-state index contributed by atoms with van der Waals surface area (Å²) in [4.78, 5) is 8.61. The van der Waals surface area contributed by atoms with Crippen molar-refractivity contribution < 1.29 is 0 Å². The minimum Gasteiger partial charge on any atom is -0.345 e. The Labute approximate surface area is 121 Å². The lowest BCUT2D eigenvalue weighted by molar-refractivity contribution is 0.967. The van der Waals surface area contributed by atoms with Crippen LogP contribution >= 0.6 is 23.1 Å². The number of rotatable bonds is 6. The predicted octanol–water partition coefficient (Wildman–Crippen LogP) is 1.33. The number of aryl methyl sites for hydroxylation is 1. The van der Waals surface area contributed by atoms with E-state index in [-0.39, 0.29) is 0 Å². The van der Waals surface area contributed by atoms with Crippen molar-refractivity contribution in [2.75, 3.05) is 18.8 Å². The molecule has 1 rings (SSSR count). The molecule has 0 saturated carbocycles. The zero-order chi connectivity index (χ0) is 13.9. The van der Waals surface area contributed by atoms with Crippen LogP contribution in [0.25, 0.3) is 0 Å². The van der Waals surface area contributed by atoms with Crippen molar-refractivity contribution >= 4 is 29.1 Å². The van der Waals surface area contributed by atoms with E-state index in [2.05, 4.69) is 26.5 Å². The lowest BCUT2D eigenvalue weighted by Crippen LogP contribution is -2.34. The molecule has 0 amide bonds.